The van der Waals surface area contributed by atoms with E-state index in [2.05, 4.69) is 4.74 Å². The first-order chi connectivity index (χ1) is 8.01. The van der Waals surface area contributed by atoms with Crippen molar-refractivity contribution in [2.75, 3.05) is 0 Å². The lowest BCUT2D eigenvalue weighted by molar-refractivity contribution is -0.0509. The fourth-order valence-corrected chi connectivity index (χ4v) is 1.80. The Labute approximate surface area is 108 Å². The van der Waals surface area contributed by atoms with Gasteiger partial charge in [-0.2, -0.15) is 8.78 Å². The van der Waals surface area contributed by atoms with Gasteiger partial charge in [-0.05, 0) is 28.0 Å². The molecular weight excluding hydrogens is 234 g/mol. The highest BCUT2D eigenvalue weighted by Gasteiger charge is 2.23. The molecular formula is C15H22F2O. The van der Waals surface area contributed by atoms with E-state index in [0.717, 1.165) is 11.1 Å². The molecule has 0 aliphatic carbocycles. The lowest BCUT2D eigenvalue weighted by Gasteiger charge is -2.26. The van der Waals surface area contributed by atoms with Gasteiger partial charge in [0.1, 0.15) is 5.75 Å². The largest absolute Gasteiger partial charge is 0.435 e. The van der Waals surface area contributed by atoms with Crippen molar-refractivity contribution in [3.63, 3.8) is 0 Å². The van der Waals surface area contributed by atoms with Crippen LogP contribution in [0.4, 0.5) is 8.78 Å². The molecule has 0 amide bonds. The summed E-state index contributed by atoms with van der Waals surface area (Å²) < 4.78 is 29.7. The minimum atomic E-state index is -2.79. The number of hydrogen-bond acceptors (Lipinski definition) is 1. The Balaban J connectivity index is 3.30. The number of rotatable bonds is 2. The van der Waals surface area contributed by atoms with Gasteiger partial charge in [0.25, 0.3) is 0 Å². The van der Waals surface area contributed by atoms with Crippen LogP contribution in [-0.4, -0.2) is 6.61 Å². The van der Waals surface area contributed by atoms with Gasteiger partial charge < -0.3 is 4.74 Å². The van der Waals surface area contributed by atoms with Gasteiger partial charge in [0.05, 0.1) is 0 Å². The van der Waals surface area contributed by atoms with Crippen LogP contribution in [0.25, 0.3) is 0 Å². The third kappa shape index (κ3) is 3.69. The monoisotopic (exact) mass is 256 g/mol. The van der Waals surface area contributed by atoms with Gasteiger partial charge >= 0.3 is 6.61 Å². The second kappa shape index (κ2) is 4.87. The number of alkyl halides is 2. The molecule has 0 saturated carbocycles. The van der Waals surface area contributed by atoms with E-state index in [1.54, 1.807) is 6.07 Å². The topological polar surface area (TPSA) is 9.23 Å². The smallest absolute Gasteiger partial charge is 0.387 e. The molecule has 0 aliphatic rings. The first kappa shape index (κ1) is 14.9. The van der Waals surface area contributed by atoms with Crippen LogP contribution >= 0.6 is 0 Å². The molecule has 18 heavy (non-hydrogen) atoms. The highest BCUT2D eigenvalue weighted by Crippen LogP contribution is 2.35. The van der Waals surface area contributed by atoms with Gasteiger partial charge in [-0.3, -0.25) is 0 Å². The van der Waals surface area contributed by atoms with E-state index in [-0.39, 0.29) is 16.6 Å². The normalized spacial score (nSPS) is 12.9. The molecule has 0 heterocycles. The van der Waals surface area contributed by atoms with Crippen LogP contribution in [0.5, 0.6) is 5.75 Å². The second-order valence-electron chi connectivity index (χ2n) is 6.59. The van der Waals surface area contributed by atoms with Crippen LogP contribution in [0.15, 0.2) is 18.2 Å². The standard InChI is InChI=1S/C15H22F2O/c1-14(2,3)10-7-8-11(15(4,5)6)12(9-10)18-13(16)17/h7-9,13H,1-6H3. The minimum absolute atomic E-state index is 0.0867. The van der Waals surface area contributed by atoms with E-state index in [4.69, 9.17) is 0 Å². The van der Waals surface area contributed by atoms with Crippen molar-refractivity contribution in [1.82, 2.24) is 0 Å². The van der Waals surface area contributed by atoms with Crippen molar-refractivity contribution in [2.45, 2.75) is 59.0 Å². The van der Waals surface area contributed by atoms with E-state index >= 15 is 0 Å². The fourth-order valence-electron chi connectivity index (χ4n) is 1.80. The molecule has 102 valence electrons. The SMILES string of the molecule is CC(C)(C)c1ccc(C(C)(C)C)c(OC(F)F)c1. The summed E-state index contributed by atoms with van der Waals surface area (Å²) in [5.74, 6) is 0.282. The van der Waals surface area contributed by atoms with Gasteiger partial charge in [0, 0.05) is 0 Å². The molecule has 0 fully saturated rings. The van der Waals surface area contributed by atoms with E-state index in [0.29, 0.717) is 0 Å². The van der Waals surface area contributed by atoms with Crippen molar-refractivity contribution < 1.29 is 13.5 Å². The van der Waals surface area contributed by atoms with Crippen molar-refractivity contribution >= 4 is 0 Å². The lowest BCUT2D eigenvalue weighted by atomic mass is 9.81. The van der Waals surface area contributed by atoms with Gasteiger partial charge in [-0.15, -0.1) is 0 Å². The highest BCUT2D eigenvalue weighted by atomic mass is 19.3. The summed E-state index contributed by atoms with van der Waals surface area (Å²) in [6, 6.07) is 5.60. The molecule has 1 aromatic carbocycles. The Morgan fingerprint density at radius 1 is 0.944 bits per heavy atom. The number of ether oxygens (including phenoxy) is 1. The predicted molar refractivity (Wildman–Crippen MR) is 70.5 cm³/mol. The third-order valence-corrected chi connectivity index (χ3v) is 2.87. The number of hydrogen-bond donors (Lipinski definition) is 0. The Morgan fingerprint density at radius 3 is 1.89 bits per heavy atom. The number of halogens is 2. The lowest BCUT2D eigenvalue weighted by Crippen LogP contribution is -2.17. The molecule has 0 unspecified atom stereocenters. The molecule has 0 radical (unpaired) electrons. The van der Waals surface area contributed by atoms with Gasteiger partial charge in [-0.1, -0.05) is 53.7 Å². The summed E-state index contributed by atoms with van der Waals surface area (Å²) in [7, 11) is 0. The Kier molecular flexibility index (Phi) is 4.04. The zero-order valence-corrected chi connectivity index (χ0v) is 12.0. The van der Waals surface area contributed by atoms with Gasteiger partial charge in [0.15, 0.2) is 0 Å². The quantitative estimate of drug-likeness (QED) is 0.732. The maximum atomic E-state index is 12.5. The molecule has 0 spiro atoms. The zero-order chi connectivity index (χ0) is 14.1. The summed E-state index contributed by atoms with van der Waals surface area (Å²) in [6.45, 7) is 9.30. The molecule has 0 aromatic heterocycles. The second-order valence-corrected chi connectivity index (χ2v) is 6.59. The average Bonchev–Trinajstić information content (AvgIpc) is 2.13. The predicted octanol–water partition coefficient (Wildman–Crippen LogP) is 4.88. The van der Waals surface area contributed by atoms with E-state index in [1.165, 1.54) is 0 Å². The van der Waals surface area contributed by atoms with Crippen LogP contribution in [0.1, 0.15) is 52.7 Å². The Hall–Kier alpha value is -1.12. The maximum absolute atomic E-state index is 12.5. The molecule has 0 saturated heterocycles. The zero-order valence-electron chi connectivity index (χ0n) is 12.0. The molecule has 0 bridgehead atoms. The van der Waals surface area contributed by atoms with Crippen LogP contribution in [0.2, 0.25) is 0 Å². The van der Waals surface area contributed by atoms with E-state index < -0.39 is 6.61 Å². The summed E-state index contributed by atoms with van der Waals surface area (Å²) in [6.07, 6.45) is 0. The summed E-state index contributed by atoms with van der Waals surface area (Å²) in [5.41, 5.74) is 1.49. The van der Waals surface area contributed by atoms with E-state index in [9.17, 15) is 8.78 Å². The van der Waals surface area contributed by atoms with Crippen molar-refractivity contribution in [1.29, 1.82) is 0 Å². The van der Waals surface area contributed by atoms with Crippen LogP contribution in [-0.2, 0) is 10.8 Å². The highest BCUT2D eigenvalue weighted by molar-refractivity contribution is 5.43. The molecule has 1 rings (SSSR count). The molecule has 0 N–H and O–H groups in total. The van der Waals surface area contributed by atoms with Crippen LogP contribution < -0.4 is 4.74 Å². The van der Waals surface area contributed by atoms with Crippen molar-refractivity contribution in [3.8, 4) is 5.75 Å². The Morgan fingerprint density at radius 2 is 1.50 bits per heavy atom. The summed E-state index contributed by atoms with van der Waals surface area (Å²) >= 11 is 0. The third-order valence-electron chi connectivity index (χ3n) is 2.87. The van der Waals surface area contributed by atoms with E-state index in [1.807, 2.05) is 53.7 Å². The first-order valence-corrected chi connectivity index (χ1v) is 6.11. The molecule has 3 heteroatoms. The minimum Gasteiger partial charge on any atom is -0.435 e. The number of benzene rings is 1. The van der Waals surface area contributed by atoms with Crippen molar-refractivity contribution in [2.24, 2.45) is 0 Å². The summed E-state index contributed by atoms with van der Waals surface area (Å²) in [5, 5.41) is 0. The maximum Gasteiger partial charge on any atom is 0.387 e. The van der Waals surface area contributed by atoms with Gasteiger partial charge in [0.2, 0.25) is 0 Å². The van der Waals surface area contributed by atoms with Crippen LogP contribution in [0.3, 0.4) is 0 Å². The summed E-state index contributed by atoms with van der Waals surface area (Å²) in [4.78, 5) is 0. The molecule has 0 aliphatic heterocycles. The Bertz CT molecular complexity index is 411. The van der Waals surface area contributed by atoms with Gasteiger partial charge in [-0.25, -0.2) is 0 Å². The first-order valence-electron chi connectivity index (χ1n) is 6.11. The van der Waals surface area contributed by atoms with Crippen LogP contribution in [0, 0.1) is 0 Å². The molecule has 1 aromatic rings. The van der Waals surface area contributed by atoms with Crippen molar-refractivity contribution in [3.05, 3.63) is 29.3 Å². The molecule has 1 nitrogen and oxygen atoms in total. The fraction of sp³-hybridized carbons (Fsp3) is 0.600. The molecule has 0 atom stereocenters. The average molecular weight is 256 g/mol.